The largest absolute Gasteiger partial charge is 0.416 e. The van der Waals surface area contributed by atoms with Crippen molar-refractivity contribution in [2.45, 2.75) is 56.0 Å². The summed E-state index contributed by atoms with van der Waals surface area (Å²) in [6, 6.07) is 21.9. The Bertz CT molecular complexity index is 3480. The number of rotatable bonds is 7. The first-order valence-corrected chi connectivity index (χ1v) is 23.7. The van der Waals surface area contributed by atoms with E-state index in [1.54, 1.807) is 0 Å². The summed E-state index contributed by atoms with van der Waals surface area (Å²) >= 11 is 0. The van der Waals surface area contributed by atoms with Gasteiger partial charge >= 0.3 is 49.4 Å². The summed E-state index contributed by atoms with van der Waals surface area (Å²) in [6.45, 7) is 0.319. The highest BCUT2D eigenvalue weighted by Crippen LogP contribution is 2.42. The van der Waals surface area contributed by atoms with Gasteiger partial charge in [0.1, 0.15) is 6.15 Å². The standard InChI is InChI=1S/C32H12BF24.C25H18NO/c34-25(35,36)13-1-14(26(37,38)39)6-21(5-13)33(22-7-15(27(40,41)42)2-16(8-22)28(43,44)45,23-9-17(29(46,47)48)3-18(10-23)30(49,50)51)24-11-19(31(52,53)54)4-20(12-24)32(55,56)57;27-24(17-26-15-7-11-18-8-3-6-14-23(18)26)25-21-12-4-1-9-19(21)16-20-10-2-5-13-22(20)25/h1-12H;1-16H,17H2/q-1;+1. The summed E-state index contributed by atoms with van der Waals surface area (Å²) in [5.41, 5.74) is -28.3. The Kier molecular flexibility index (Phi) is 15.8. The number of fused-ring (bicyclic) bond motifs is 3. The van der Waals surface area contributed by atoms with Crippen LogP contribution in [0.3, 0.4) is 0 Å². The van der Waals surface area contributed by atoms with Gasteiger partial charge in [0.25, 0.3) is 0 Å². The molecule has 27 heteroatoms. The Morgan fingerprint density at radius 1 is 0.310 bits per heavy atom. The Morgan fingerprint density at radius 2 is 0.560 bits per heavy atom. The fraction of sp³-hybridized carbons (Fsp3) is 0.158. The molecule has 84 heavy (non-hydrogen) atoms. The van der Waals surface area contributed by atoms with Crippen molar-refractivity contribution in [3.63, 3.8) is 0 Å². The molecule has 0 radical (unpaired) electrons. The Hall–Kier alpha value is -8.26. The first-order valence-electron chi connectivity index (χ1n) is 23.7. The number of nitrogens with zero attached hydrogens (tertiary/aromatic N) is 1. The van der Waals surface area contributed by atoms with Crippen molar-refractivity contribution in [3.8, 4) is 0 Å². The number of pyridine rings is 1. The van der Waals surface area contributed by atoms with Gasteiger partial charge in [-0.25, -0.2) is 0 Å². The molecule has 0 saturated carbocycles. The third-order valence-corrected chi connectivity index (χ3v) is 13.6. The zero-order valence-electron chi connectivity index (χ0n) is 41.4. The molecule has 9 rings (SSSR count). The molecule has 0 amide bonds. The molecule has 440 valence electrons. The van der Waals surface area contributed by atoms with E-state index >= 15 is 0 Å². The predicted octanol–water partition coefficient (Wildman–Crippen LogP) is 16.5. The lowest BCUT2D eigenvalue weighted by molar-refractivity contribution is -0.657. The highest BCUT2D eigenvalue weighted by Gasteiger charge is 2.47. The number of hydrogen-bond acceptors (Lipinski definition) is 1. The third-order valence-electron chi connectivity index (χ3n) is 13.6. The molecular weight excluding hydrogens is 1180 g/mol. The van der Waals surface area contributed by atoms with Crippen LogP contribution in [0.15, 0.2) is 170 Å². The third kappa shape index (κ3) is 12.8. The number of ketones is 1. The molecule has 1 aromatic heterocycles. The van der Waals surface area contributed by atoms with Crippen LogP contribution in [-0.2, 0) is 56.0 Å². The van der Waals surface area contributed by atoms with E-state index in [9.17, 15) is 110 Å². The minimum atomic E-state index is -6.13. The van der Waals surface area contributed by atoms with Crippen LogP contribution in [0.25, 0.3) is 32.4 Å². The summed E-state index contributed by atoms with van der Waals surface area (Å²) in [5, 5.41) is 5.37. The van der Waals surface area contributed by atoms with Gasteiger partial charge in [-0.05, 0) is 64.0 Å². The number of carbonyl (C=O) groups excluding carboxylic acids is 1. The molecule has 0 atom stereocenters. The average molecular weight is 1210 g/mol. The molecule has 2 nitrogen and oxygen atoms in total. The topological polar surface area (TPSA) is 20.9 Å². The van der Waals surface area contributed by atoms with Crippen LogP contribution in [0.1, 0.15) is 54.9 Å². The van der Waals surface area contributed by atoms with E-state index in [1.807, 2.05) is 65.4 Å². The fourth-order valence-corrected chi connectivity index (χ4v) is 9.98. The Morgan fingerprint density at radius 3 is 0.845 bits per heavy atom. The van der Waals surface area contributed by atoms with Crippen LogP contribution in [0, 0.1) is 0 Å². The lowest BCUT2D eigenvalue weighted by Gasteiger charge is -2.46. The Labute approximate surface area is 456 Å². The van der Waals surface area contributed by atoms with Crippen molar-refractivity contribution in [2.75, 3.05) is 0 Å². The molecule has 0 bridgehead atoms. The van der Waals surface area contributed by atoms with Crippen molar-refractivity contribution >= 4 is 66.2 Å². The van der Waals surface area contributed by atoms with Gasteiger partial charge in [0.15, 0.2) is 6.20 Å². The lowest BCUT2D eigenvalue weighted by Crippen LogP contribution is -2.75. The first kappa shape index (κ1) is 61.8. The molecule has 0 aliphatic heterocycles. The minimum absolute atomic E-state index is 0.129. The molecular formula is C57H30BF24NO. The van der Waals surface area contributed by atoms with Gasteiger partial charge in [-0.15, -0.1) is 0 Å². The zero-order valence-corrected chi connectivity index (χ0v) is 41.4. The smallest absolute Gasteiger partial charge is 0.287 e. The zero-order chi connectivity index (χ0) is 62.1. The van der Waals surface area contributed by atoms with E-state index in [0.717, 1.165) is 38.0 Å². The average Bonchev–Trinajstić information content (AvgIpc) is 1.06. The number of benzene rings is 8. The van der Waals surface area contributed by atoms with Crippen molar-refractivity contribution in [2.24, 2.45) is 0 Å². The summed E-state index contributed by atoms with van der Waals surface area (Å²) < 4.78 is 343. The van der Waals surface area contributed by atoms with Crippen LogP contribution >= 0.6 is 0 Å². The van der Waals surface area contributed by atoms with Crippen LogP contribution in [0.2, 0.25) is 0 Å². The molecule has 0 unspecified atom stereocenters. The van der Waals surface area contributed by atoms with Crippen LogP contribution < -0.4 is 26.4 Å². The SMILES string of the molecule is FC(F)(F)c1cc([B-](c2cc(C(F)(F)F)cc(C(F)(F)F)c2)(c2cc(C(F)(F)F)cc(C(F)(F)F)c2)c2cc(C(F)(F)F)cc(C(F)(F)F)c2)cc(C(F)(F)F)c1.O=C(C[n+]1cccc2ccccc21)c1c2ccccc2cc2ccccc12. The van der Waals surface area contributed by atoms with Crippen molar-refractivity contribution < 1.29 is 115 Å². The first-order chi connectivity index (χ1) is 38.6. The van der Waals surface area contributed by atoms with Crippen LogP contribution in [-0.4, -0.2) is 11.9 Å². The van der Waals surface area contributed by atoms with Gasteiger partial charge in [0.2, 0.25) is 17.8 Å². The quantitative estimate of drug-likeness (QED) is 0.0512. The molecule has 1 heterocycles. The molecule has 9 aromatic rings. The van der Waals surface area contributed by atoms with E-state index in [-0.39, 0.29) is 5.78 Å². The van der Waals surface area contributed by atoms with E-state index in [2.05, 4.69) is 36.4 Å². The van der Waals surface area contributed by atoms with Crippen LogP contribution in [0.5, 0.6) is 0 Å². The number of hydrogen-bond donors (Lipinski definition) is 0. The maximum atomic E-state index is 14.2. The predicted molar refractivity (Wildman–Crippen MR) is 260 cm³/mol. The summed E-state index contributed by atoms with van der Waals surface area (Å²) in [6.07, 6.45) is -52.8. The molecule has 0 saturated heterocycles. The maximum absolute atomic E-state index is 14.2. The molecule has 8 aromatic carbocycles. The number of aromatic nitrogens is 1. The highest BCUT2D eigenvalue weighted by atomic mass is 19.4. The summed E-state index contributed by atoms with van der Waals surface area (Å²) in [7, 11) is 0. The monoisotopic (exact) mass is 1210 g/mol. The van der Waals surface area contributed by atoms with E-state index in [4.69, 9.17) is 0 Å². The fourth-order valence-electron chi connectivity index (χ4n) is 9.98. The van der Waals surface area contributed by atoms with Gasteiger partial charge in [0.05, 0.1) is 44.5 Å². The second-order valence-corrected chi connectivity index (χ2v) is 19.0. The van der Waals surface area contributed by atoms with Gasteiger partial charge in [-0.2, -0.15) is 132 Å². The molecule has 0 spiro atoms. The number of carbonyl (C=O) groups is 1. The van der Waals surface area contributed by atoms with E-state index in [1.165, 1.54) is 0 Å². The molecule has 0 aliphatic rings. The van der Waals surface area contributed by atoms with Crippen molar-refractivity contribution in [1.29, 1.82) is 0 Å². The second kappa shape index (κ2) is 21.4. The summed E-state index contributed by atoms with van der Waals surface area (Å²) in [4.78, 5) is 13.5. The molecule has 0 N–H and O–H groups in total. The highest BCUT2D eigenvalue weighted by molar-refractivity contribution is 7.20. The second-order valence-electron chi connectivity index (χ2n) is 19.0. The van der Waals surface area contributed by atoms with Crippen LogP contribution in [0.4, 0.5) is 105 Å². The van der Waals surface area contributed by atoms with Gasteiger partial charge in [-0.3, -0.25) is 4.79 Å². The molecule has 0 fully saturated rings. The van der Waals surface area contributed by atoms with E-state index in [0.29, 0.717) is 6.54 Å². The van der Waals surface area contributed by atoms with Gasteiger partial charge < -0.3 is 0 Å². The molecule has 0 aliphatic carbocycles. The maximum Gasteiger partial charge on any atom is 0.416 e. The van der Waals surface area contributed by atoms with Gasteiger partial charge in [-0.1, -0.05) is 109 Å². The lowest BCUT2D eigenvalue weighted by atomic mass is 9.12. The number of Topliss-reactive ketones (excluding diaryl/α,β-unsaturated/α-hetero) is 1. The summed E-state index contributed by atoms with van der Waals surface area (Å²) in [5.74, 6) is 0.129. The van der Waals surface area contributed by atoms with E-state index < -0.39 is 195 Å². The number of para-hydroxylation sites is 1. The Balaban J connectivity index is 0.000000280. The number of halogens is 24. The number of alkyl halides is 24. The van der Waals surface area contributed by atoms with Crippen molar-refractivity contribution in [3.05, 3.63) is 220 Å². The normalized spacial score (nSPS) is 13.3. The minimum Gasteiger partial charge on any atom is -0.287 e. The van der Waals surface area contributed by atoms with Crippen molar-refractivity contribution in [1.82, 2.24) is 0 Å². The van der Waals surface area contributed by atoms with Gasteiger partial charge in [0, 0.05) is 23.1 Å².